The molecule has 0 N–H and O–H groups in total. The summed E-state index contributed by atoms with van der Waals surface area (Å²) in [7, 11) is 0. The normalized spacial score (nSPS) is 17.7. The van der Waals surface area contributed by atoms with Crippen molar-refractivity contribution in [2.45, 2.75) is 13.3 Å². The second kappa shape index (κ2) is 5.37. The molecule has 4 heteroatoms. The van der Waals surface area contributed by atoms with Crippen LogP contribution in [0.2, 0.25) is 0 Å². The van der Waals surface area contributed by atoms with Crippen molar-refractivity contribution in [3.05, 3.63) is 58.3 Å². The lowest BCUT2D eigenvalue weighted by atomic mass is 9.93. The zero-order valence-corrected chi connectivity index (χ0v) is 12.8. The number of aromatic nitrogens is 1. The van der Waals surface area contributed by atoms with Crippen LogP contribution in [-0.2, 0) is 6.42 Å². The van der Waals surface area contributed by atoms with Gasteiger partial charge < -0.3 is 4.90 Å². The molecule has 0 aliphatic carbocycles. The fourth-order valence-electron chi connectivity index (χ4n) is 2.67. The van der Waals surface area contributed by atoms with Crippen LogP contribution in [0.3, 0.4) is 0 Å². The molecule has 2 aromatic rings. The topological polar surface area (TPSA) is 33.2 Å². The number of hydrogen-bond acceptors (Lipinski definition) is 2. The van der Waals surface area contributed by atoms with Gasteiger partial charge in [0.1, 0.15) is 0 Å². The van der Waals surface area contributed by atoms with Crippen LogP contribution < -0.4 is 4.90 Å². The number of amides is 1. The molecule has 3 nitrogen and oxygen atoms in total. The molecule has 1 atom stereocenters. The lowest BCUT2D eigenvalue weighted by Gasteiger charge is -2.33. The second-order valence-electron chi connectivity index (χ2n) is 5.25. The van der Waals surface area contributed by atoms with E-state index in [0.29, 0.717) is 11.5 Å². The van der Waals surface area contributed by atoms with Crippen molar-refractivity contribution in [2.75, 3.05) is 11.4 Å². The van der Waals surface area contributed by atoms with E-state index in [1.807, 2.05) is 29.2 Å². The van der Waals surface area contributed by atoms with Gasteiger partial charge in [-0.2, -0.15) is 0 Å². The Morgan fingerprint density at radius 2 is 2.15 bits per heavy atom. The van der Waals surface area contributed by atoms with Crippen molar-refractivity contribution in [2.24, 2.45) is 5.92 Å². The summed E-state index contributed by atoms with van der Waals surface area (Å²) in [5, 5.41) is 0. The van der Waals surface area contributed by atoms with Gasteiger partial charge in [0.15, 0.2) is 0 Å². The lowest BCUT2D eigenvalue weighted by Crippen LogP contribution is -2.39. The van der Waals surface area contributed by atoms with E-state index in [4.69, 9.17) is 0 Å². The Hall–Kier alpha value is -1.68. The summed E-state index contributed by atoms with van der Waals surface area (Å²) >= 11 is 3.36. The van der Waals surface area contributed by atoms with Crippen LogP contribution in [-0.4, -0.2) is 17.4 Å². The van der Waals surface area contributed by atoms with Gasteiger partial charge >= 0.3 is 0 Å². The van der Waals surface area contributed by atoms with Crippen molar-refractivity contribution in [1.29, 1.82) is 0 Å². The molecule has 1 aliphatic rings. The predicted octanol–water partition coefficient (Wildman–Crippen LogP) is 3.68. The van der Waals surface area contributed by atoms with Gasteiger partial charge in [0.25, 0.3) is 5.91 Å². The highest BCUT2D eigenvalue weighted by Gasteiger charge is 2.27. The quantitative estimate of drug-likeness (QED) is 0.799. The molecule has 3 rings (SSSR count). The summed E-state index contributed by atoms with van der Waals surface area (Å²) in [6.45, 7) is 2.93. The van der Waals surface area contributed by atoms with Gasteiger partial charge in [-0.3, -0.25) is 9.78 Å². The molecule has 1 aliphatic heterocycles. The molecular weight excluding hydrogens is 316 g/mol. The van der Waals surface area contributed by atoms with Gasteiger partial charge in [-0.05, 0) is 46.0 Å². The molecule has 0 fully saturated rings. The van der Waals surface area contributed by atoms with Crippen LogP contribution in [0.5, 0.6) is 0 Å². The first-order chi connectivity index (χ1) is 9.65. The molecular formula is C16H15BrN2O. The standard InChI is InChI=1S/C16H15BrN2O/c1-11-6-12-4-2-3-5-15(12)19(10-11)16(20)13-7-14(17)9-18-8-13/h2-5,7-9,11H,6,10H2,1H3. The maximum Gasteiger partial charge on any atom is 0.259 e. The highest BCUT2D eigenvalue weighted by Crippen LogP contribution is 2.30. The molecule has 20 heavy (non-hydrogen) atoms. The van der Waals surface area contributed by atoms with Gasteiger partial charge in [0.05, 0.1) is 5.56 Å². The molecule has 0 saturated heterocycles. The summed E-state index contributed by atoms with van der Waals surface area (Å²) in [4.78, 5) is 18.7. The Morgan fingerprint density at radius 1 is 1.35 bits per heavy atom. The van der Waals surface area contributed by atoms with E-state index < -0.39 is 0 Å². The molecule has 0 spiro atoms. The SMILES string of the molecule is CC1Cc2ccccc2N(C(=O)c2cncc(Br)c2)C1. The summed E-state index contributed by atoms with van der Waals surface area (Å²) in [6.07, 6.45) is 4.33. The smallest absolute Gasteiger partial charge is 0.259 e. The van der Waals surface area contributed by atoms with E-state index in [9.17, 15) is 4.79 Å². The van der Waals surface area contributed by atoms with Crippen molar-refractivity contribution in [1.82, 2.24) is 4.98 Å². The summed E-state index contributed by atoms with van der Waals surface area (Å²) in [5.41, 5.74) is 2.88. The first-order valence-corrected chi connectivity index (χ1v) is 7.45. The van der Waals surface area contributed by atoms with Crippen LogP contribution >= 0.6 is 15.9 Å². The molecule has 1 amide bonds. The van der Waals surface area contributed by atoms with Crippen LogP contribution in [0, 0.1) is 5.92 Å². The molecule has 102 valence electrons. The fraction of sp³-hybridized carbons (Fsp3) is 0.250. The van der Waals surface area contributed by atoms with Gasteiger partial charge in [-0.25, -0.2) is 0 Å². The van der Waals surface area contributed by atoms with Crippen molar-refractivity contribution >= 4 is 27.5 Å². The van der Waals surface area contributed by atoms with Crippen molar-refractivity contribution < 1.29 is 4.79 Å². The number of pyridine rings is 1. The zero-order valence-electron chi connectivity index (χ0n) is 11.2. The minimum absolute atomic E-state index is 0.0119. The third-order valence-electron chi connectivity index (χ3n) is 3.54. The molecule has 2 heterocycles. The molecule has 0 bridgehead atoms. The van der Waals surface area contributed by atoms with E-state index in [2.05, 4.69) is 33.9 Å². The average molecular weight is 331 g/mol. The number of hydrogen-bond donors (Lipinski definition) is 0. The average Bonchev–Trinajstić information content (AvgIpc) is 2.45. The minimum atomic E-state index is 0.0119. The lowest BCUT2D eigenvalue weighted by molar-refractivity contribution is 0.0980. The number of benzene rings is 1. The van der Waals surface area contributed by atoms with Crippen LogP contribution in [0.25, 0.3) is 0 Å². The molecule has 0 saturated carbocycles. The van der Waals surface area contributed by atoms with Crippen LogP contribution in [0.15, 0.2) is 47.2 Å². The van der Waals surface area contributed by atoms with Gasteiger partial charge in [-0.1, -0.05) is 25.1 Å². The summed E-state index contributed by atoms with van der Waals surface area (Å²) in [5.74, 6) is 0.478. The van der Waals surface area contributed by atoms with Crippen LogP contribution in [0.1, 0.15) is 22.8 Å². The number of anilines is 1. The number of para-hydroxylation sites is 1. The summed E-state index contributed by atoms with van der Waals surface area (Å²) in [6, 6.07) is 9.95. The molecule has 1 unspecified atom stereocenters. The molecule has 1 aromatic heterocycles. The van der Waals surface area contributed by atoms with E-state index in [0.717, 1.165) is 23.1 Å². The predicted molar refractivity (Wildman–Crippen MR) is 82.9 cm³/mol. The number of carbonyl (C=O) groups is 1. The van der Waals surface area contributed by atoms with E-state index in [1.165, 1.54) is 5.56 Å². The molecule has 1 aromatic carbocycles. The number of halogens is 1. The summed E-state index contributed by atoms with van der Waals surface area (Å²) < 4.78 is 0.821. The Bertz CT molecular complexity index is 656. The highest BCUT2D eigenvalue weighted by atomic mass is 79.9. The number of nitrogens with zero attached hydrogens (tertiary/aromatic N) is 2. The first-order valence-electron chi connectivity index (χ1n) is 6.65. The third-order valence-corrected chi connectivity index (χ3v) is 3.98. The maximum atomic E-state index is 12.7. The Kier molecular flexibility index (Phi) is 3.57. The zero-order chi connectivity index (χ0) is 14.1. The van der Waals surface area contributed by atoms with E-state index in [-0.39, 0.29) is 5.91 Å². The minimum Gasteiger partial charge on any atom is -0.308 e. The molecule has 0 radical (unpaired) electrons. The number of fused-ring (bicyclic) bond motifs is 1. The fourth-order valence-corrected chi connectivity index (χ4v) is 3.04. The monoisotopic (exact) mass is 330 g/mol. The number of carbonyl (C=O) groups excluding carboxylic acids is 1. The highest BCUT2D eigenvalue weighted by molar-refractivity contribution is 9.10. The van der Waals surface area contributed by atoms with Crippen molar-refractivity contribution in [3.8, 4) is 0 Å². The van der Waals surface area contributed by atoms with E-state index in [1.54, 1.807) is 12.4 Å². The first kappa shape index (κ1) is 13.3. The Labute approximate surface area is 126 Å². The second-order valence-corrected chi connectivity index (χ2v) is 6.16. The maximum absolute atomic E-state index is 12.7. The van der Waals surface area contributed by atoms with Gasteiger partial charge in [0.2, 0.25) is 0 Å². The Morgan fingerprint density at radius 3 is 2.95 bits per heavy atom. The number of rotatable bonds is 1. The largest absolute Gasteiger partial charge is 0.308 e. The van der Waals surface area contributed by atoms with Gasteiger partial charge in [-0.15, -0.1) is 0 Å². The Balaban J connectivity index is 2.00. The van der Waals surface area contributed by atoms with Crippen molar-refractivity contribution in [3.63, 3.8) is 0 Å². The third kappa shape index (κ3) is 2.48. The van der Waals surface area contributed by atoms with E-state index >= 15 is 0 Å². The van der Waals surface area contributed by atoms with Crippen LogP contribution in [0.4, 0.5) is 5.69 Å². The van der Waals surface area contributed by atoms with Gasteiger partial charge in [0, 0.05) is 29.1 Å².